The number of benzene rings is 1. The molecule has 0 aliphatic carbocycles. The molecule has 26 heavy (non-hydrogen) atoms. The van der Waals surface area contributed by atoms with Crippen molar-refractivity contribution in [3.8, 4) is 0 Å². The maximum absolute atomic E-state index is 12.4. The maximum atomic E-state index is 12.4. The van der Waals surface area contributed by atoms with Crippen LogP contribution >= 0.6 is 11.8 Å². The third kappa shape index (κ3) is 4.72. The highest BCUT2D eigenvalue weighted by Gasteiger charge is 2.19. The predicted octanol–water partition coefficient (Wildman–Crippen LogP) is 2.71. The highest BCUT2D eigenvalue weighted by atomic mass is 32.2. The highest BCUT2D eigenvalue weighted by Crippen LogP contribution is 2.21. The quantitative estimate of drug-likeness (QED) is 0.613. The van der Waals surface area contributed by atoms with E-state index in [0.29, 0.717) is 18.2 Å². The Kier molecular flexibility index (Phi) is 6.06. The first-order valence-electron chi connectivity index (χ1n) is 8.41. The molecular formula is C18H21N5O2S. The van der Waals surface area contributed by atoms with Crippen LogP contribution in [0.1, 0.15) is 31.1 Å². The van der Waals surface area contributed by atoms with Crippen molar-refractivity contribution < 1.29 is 9.21 Å². The van der Waals surface area contributed by atoms with Crippen LogP contribution in [0.25, 0.3) is 0 Å². The summed E-state index contributed by atoms with van der Waals surface area (Å²) in [6, 6.07) is 13.8. The van der Waals surface area contributed by atoms with Gasteiger partial charge in [0.1, 0.15) is 12.3 Å². The van der Waals surface area contributed by atoms with Crippen LogP contribution in [-0.2, 0) is 11.3 Å². The second-order valence-corrected chi connectivity index (χ2v) is 7.32. The number of nitrogens with zero attached hydrogens (tertiary/aromatic N) is 4. The lowest BCUT2D eigenvalue weighted by Gasteiger charge is -2.15. The lowest BCUT2D eigenvalue weighted by Crippen LogP contribution is -2.33. The van der Waals surface area contributed by atoms with E-state index < -0.39 is 0 Å². The summed E-state index contributed by atoms with van der Waals surface area (Å²) in [5.41, 5.74) is 1.20. The van der Waals surface area contributed by atoms with Gasteiger partial charge in [0.05, 0.1) is 11.5 Å². The van der Waals surface area contributed by atoms with E-state index in [1.807, 2.05) is 37.3 Å². The van der Waals surface area contributed by atoms with Crippen LogP contribution in [0.15, 0.2) is 58.3 Å². The van der Waals surface area contributed by atoms with Crippen molar-refractivity contribution in [2.24, 2.45) is 0 Å². The van der Waals surface area contributed by atoms with Crippen molar-refractivity contribution >= 4 is 17.7 Å². The summed E-state index contributed by atoms with van der Waals surface area (Å²) in [6.07, 6.45) is 1.61. The monoisotopic (exact) mass is 371 g/mol. The lowest BCUT2D eigenvalue weighted by molar-refractivity contribution is -0.120. The Morgan fingerprint density at radius 1 is 1.23 bits per heavy atom. The van der Waals surface area contributed by atoms with Gasteiger partial charge in [0.2, 0.25) is 11.1 Å². The molecule has 0 aliphatic rings. The van der Waals surface area contributed by atoms with Crippen LogP contribution in [0.3, 0.4) is 0 Å². The smallest absolute Gasteiger partial charge is 0.233 e. The molecule has 2 aromatic heterocycles. The number of amides is 1. The van der Waals surface area contributed by atoms with E-state index in [4.69, 9.17) is 4.42 Å². The minimum atomic E-state index is -0.306. The number of furan rings is 1. The van der Waals surface area contributed by atoms with Gasteiger partial charge in [-0.25, -0.2) is 4.68 Å². The fourth-order valence-corrected chi connectivity index (χ4v) is 3.25. The van der Waals surface area contributed by atoms with Crippen LogP contribution in [0, 0.1) is 0 Å². The predicted molar refractivity (Wildman–Crippen MR) is 98.8 cm³/mol. The first-order valence-corrected chi connectivity index (χ1v) is 9.29. The molecule has 3 rings (SSSR count). The van der Waals surface area contributed by atoms with Crippen LogP contribution in [0.2, 0.25) is 0 Å². The largest absolute Gasteiger partial charge is 0.467 e. The van der Waals surface area contributed by atoms with Gasteiger partial charge in [-0.15, -0.1) is 5.10 Å². The van der Waals surface area contributed by atoms with Crippen molar-refractivity contribution in [3.05, 3.63) is 60.1 Å². The van der Waals surface area contributed by atoms with Gasteiger partial charge in [0.25, 0.3) is 0 Å². The third-order valence-electron chi connectivity index (χ3n) is 3.99. The number of rotatable bonds is 8. The normalized spacial score (nSPS) is 13.3. The van der Waals surface area contributed by atoms with Gasteiger partial charge < -0.3 is 9.73 Å². The molecule has 1 N–H and O–H groups in total. The van der Waals surface area contributed by atoms with E-state index in [9.17, 15) is 4.79 Å². The number of aromatic nitrogens is 4. The van der Waals surface area contributed by atoms with Crippen molar-refractivity contribution in [3.63, 3.8) is 0 Å². The molecule has 136 valence electrons. The second-order valence-electron chi connectivity index (χ2n) is 6.02. The molecule has 2 atom stereocenters. The molecule has 0 radical (unpaired) electrons. The first kappa shape index (κ1) is 18.2. The SMILES string of the molecule is C[C@@H](Sc1nnnn1Cc1ccco1)C(=O)NC[C@H](C)c1ccccc1. The summed E-state index contributed by atoms with van der Waals surface area (Å²) >= 11 is 1.33. The highest BCUT2D eigenvalue weighted by molar-refractivity contribution is 8.00. The molecule has 0 saturated heterocycles. The van der Waals surface area contributed by atoms with E-state index in [0.717, 1.165) is 5.76 Å². The standard InChI is InChI=1S/C18H21N5O2S/c1-13(15-7-4-3-5-8-15)11-19-17(24)14(2)26-18-20-21-22-23(18)12-16-9-6-10-25-16/h3-10,13-14H,11-12H2,1-2H3,(H,19,24)/t13-,14+/m0/s1. The van der Waals surface area contributed by atoms with Gasteiger partial charge in [0, 0.05) is 6.54 Å². The number of hydrogen-bond donors (Lipinski definition) is 1. The molecule has 0 unspecified atom stereocenters. The molecule has 0 bridgehead atoms. The van der Waals surface area contributed by atoms with Gasteiger partial charge in [-0.05, 0) is 41.0 Å². The van der Waals surface area contributed by atoms with Gasteiger partial charge in [-0.2, -0.15) is 0 Å². The van der Waals surface area contributed by atoms with Crippen molar-refractivity contribution in [1.82, 2.24) is 25.5 Å². The average molecular weight is 371 g/mol. The molecule has 0 spiro atoms. The molecule has 0 fully saturated rings. The summed E-state index contributed by atoms with van der Waals surface area (Å²) in [7, 11) is 0. The fraction of sp³-hybridized carbons (Fsp3) is 0.333. The number of thioether (sulfide) groups is 1. The average Bonchev–Trinajstić information content (AvgIpc) is 3.33. The number of carbonyl (C=O) groups is 1. The van der Waals surface area contributed by atoms with E-state index >= 15 is 0 Å². The minimum Gasteiger partial charge on any atom is -0.467 e. The molecule has 3 aromatic rings. The van der Waals surface area contributed by atoms with Crippen molar-refractivity contribution in [1.29, 1.82) is 0 Å². The Balaban J connectivity index is 1.52. The Bertz CT molecular complexity index is 819. The minimum absolute atomic E-state index is 0.0367. The molecule has 8 heteroatoms. The van der Waals surface area contributed by atoms with Crippen LogP contribution in [0.4, 0.5) is 0 Å². The van der Waals surface area contributed by atoms with Crippen LogP contribution < -0.4 is 5.32 Å². The zero-order chi connectivity index (χ0) is 18.4. The number of nitrogens with one attached hydrogen (secondary N) is 1. The molecule has 1 aromatic carbocycles. The molecule has 0 saturated carbocycles. The van der Waals surface area contributed by atoms with E-state index in [2.05, 4.69) is 39.9 Å². The Morgan fingerprint density at radius 3 is 2.77 bits per heavy atom. The molecule has 1 amide bonds. The summed E-state index contributed by atoms with van der Waals surface area (Å²) in [4.78, 5) is 12.4. The van der Waals surface area contributed by atoms with E-state index in [-0.39, 0.29) is 17.1 Å². The van der Waals surface area contributed by atoms with Crippen molar-refractivity contribution in [2.45, 2.75) is 36.7 Å². The van der Waals surface area contributed by atoms with Gasteiger partial charge >= 0.3 is 0 Å². The second kappa shape index (κ2) is 8.66. The number of tetrazole rings is 1. The van der Waals surface area contributed by atoms with Gasteiger partial charge in [-0.1, -0.05) is 49.0 Å². The number of hydrogen-bond acceptors (Lipinski definition) is 6. The lowest BCUT2D eigenvalue weighted by atomic mass is 10.0. The van der Waals surface area contributed by atoms with Crippen molar-refractivity contribution in [2.75, 3.05) is 6.54 Å². The zero-order valence-electron chi connectivity index (χ0n) is 14.7. The molecule has 7 nitrogen and oxygen atoms in total. The van der Waals surface area contributed by atoms with E-state index in [1.54, 1.807) is 10.9 Å². The van der Waals surface area contributed by atoms with Gasteiger partial charge in [0.15, 0.2) is 0 Å². The third-order valence-corrected chi connectivity index (χ3v) is 5.06. The molecular weight excluding hydrogens is 350 g/mol. The number of carbonyl (C=O) groups excluding carboxylic acids is 1. The summed E-state index contributed by atoms with van der Waals surface area (Å²) < 4.78 is 6.94. The maximum Gasteiger partial charge on any atom is 0.233 e. The zero-order valence-corrected chi connectivity index (χ0v) is 15.5. The van der Waals surface area contributed by atoms with Crippen LogP contribution in [-0.4, -0.2) is 37.9 Å². The summed E-state index contributed by atoms with van der Waals surface area (Å²) in [6.45, 7) is 4.96. The van der Waals surface area contributed by atoms with E-state index in [1.165, 1.54) is 17.3 Å². The Morgan fingerprint density at radius 2 is 2.04 bits per heavy atom. The van der Waals surface area contributed by atoms with Gasteiger partial charge in [-0.3, -0.25) is 4.79 Å². The molecule has 2 heterocycles. The Hall–Kier alpha value is -2.61. The van der Waals surface area contributed by atoms with Crippen LogP contribution in [0.5, 0.6) is 0 Å². The first-order chi connectivity index (χ1) is 12.6. The Labute approximate surface area is 156 Å². The fourth-order valence-electron chi connectivity index (χ4n) is 2.44. The topological polar surface area (TPSA) is 85.8 Å². The summed E-state index contributed by atoms with van der Waals surface area (Å²) in [5, 5.41) is 14.9. The summed E-state index contributed by atoms with van der Waals surface area (Å²) in [5.74, 6) is 0.972. The molecule has 0 aliphatic heterocycles.